The van der Waals surface area contributed by atoms with Crippen molar-refractivity contribution < 1.29 is 24.2 Å². The number of piperidine rings is 1. The predicted molar refractivity (Wildman–Crippen MR) is 145 cm³/mol. The molecule has 9 heteroatoms. The zero-order valence-electron chi connectivity index (χ0n) is 22.7. The Bertz CT molecular complexity index is 1070. The van der Waals surface area contributed by atoms with Crippen LogP contribution >= 0.6 is 0 Å². The Balaban J connectivity index is 1.26. The summed E-state index contributed by atoms with van der Waals surface area (Å²) in [6, 6.07) is 11.2. The van der Waals surface area contributed by atoms with Gasteiger partial charge < -0.3 is 24.4 Å². The number of ether oxygens (including phenoxy) is 2. The lowest BCUT2D eigenvalue weighted by Crippen LogP contribution is -2.51. The second-order valence-corrected chi connectivity index (χ2v) is 10.5. The number of benzene rings is 1. The number of hydrogen-bond acceptors (Lipinski definition) is 7. The molecule has 0 bridgehead atoms. The standard InChI is InChI=1S/C29H40N4O5/c1-21(18-31(3)25-12-16-37-17-13-25)33(20-34)26-10-14-32(15-11-26)19-24-6-9-28(30-22(24)2)38-27-7-4-23(5-8-27)29(35)36/h4-9,20-21,25-26H,10-19H2,1-3H3,(H,35,36). The number of pyridine rings is 1. The van der Waals surface area contributed by atoms with Crippen molar-refractivity contribution in [2.24, 2.45) is 0 Å². The van der Waals surface area contributed by atoms with Crippen molar-refractivity contribution in [3.05, 3.63) is 53.2 Å². The second kappa shape index (κ2) is 13.2. The number of rotatable bonds is 11. The van der Waals surface area contributed by atoms with E-state index in [4.69, 9.17) is 14.6 Å². The van der Waals surface area contributed by atoms with Gasteiger partial charge in [-0.1, -0.05) is 6.07 Å². The summed E-state index contributed by atoms with van der Waals surface area (Å²) in [5, 5.41) is 9.04. The van der Waals surface area contributed by atoms with Crippen LogP contribution in [0.4, 0.5) is 0 Å². The zero-order valence-corrected chi connectivity index (χ0v) is 22.7. The fraction of sp³-hybridized carbons (Fsp3) is 0.552. The minimum atomic E-state index is -0.967. The summed E-state index contributed by atoms with van der Waals surface area (Å²) >= 11 is 0. The van der Waals surface area contributed by atoms with Crippen LogP contribution in [0, 0.1) is 6.92 Å². The topological polar surface area (TPSA) is 95.4 Å². The van der Waals surface area contributed by atoms with Gasteiger partial charge in [0, 0.05) is 69.3 Å². The predicted octanol–water partition coefficient (Wildman–Crippen LogP) is 3.80. The van der Waals surface area contributed by atoms with Crippen molar-refractivity contribution in [1.29, 1.82) is 0 Å². The van der Waals surface area contributed by atoms with Gasteiger partial charge in [-0.05, 0) is 76.4 Å². The van der Waals surface area contributed by atoms with Crippen LogP contribution < -0.4 is 4.74 Å². The molecule has 1 unspecified atom stereocenters. The molecule has 0 spiro atoms. The summed E-state index contributed by atoms with van der Waals surface area (Å²) in [6.07, 6.45) is 5.09. The molecule has 38 heavy (non-hydrogen) atoms. The minimum Gasteiger partial charge on any atom is -0.478 e. The summed E-state index contributed by atoms with van der Waals surface area (Å²) in [5.74, 6) is 0.0597. The number of hydrogen-bond donors (Lipinski definition) is 1. The maximum atomic E-state index is 12.1. The van der Waals surface area contributed by atoms with Gasteiger partial charge in [-0.3, -0.25) is 9.69 Å². The molecule has 3 heterocycles. The van der Waals surface area contributed by atoms with Gasteiger partial charge in [0.2, 0.25) is 12.3 Å². The quantitative estimate of drug-likeness (QED) is 0.444. The number of carboxylic acid groups (broad SMARTS) is 1. The molecular weight excluding hydrogens is 484 g/mol. The molecule has 1 amide bonds. The Morgan fingerprint density at radius 3 is 2.42 bits per heavy atom. The smallest absolute Gasteiger partial charge is 0.335 e. The molecule has 1 N–H and O–H groups in total. The Hall–Kier alpha value is -3.01. The van der Waals surface area contributed by atoms with Crippen LogP contribution in [-0.2, 0) is 16.1 Å². The molecule has 9 nitrogen and oxygen atoms in total. The van der Waals surface area contributed by atoms with E-state index in [1.54, 1.807) is 12.1 Å². The van der Waals surface area contributed by atoms with Gasteiger partial charge in [0.25, 0.3) is 0 Å². The van der Waals surface area contributed by atoms with Gasteiger partial charge in [-0.2, -0.15) is 0 Å². The van der Waals surface area contributed by atoms with Crippen molar-refractivity contribution in [2.45, 2.75) is 64.2 Å². The molecule has 2 aliphatic rings. The first-order chi connectivity index (χ1) is 18.3. The summed E-state index contributed by atoms with van der Waals surface area (Å²) in [7, 11) is 2.17. The van der Waals surface area contributed by atoms with E-state index in [2.05, 4.69) is 28.8 Å². The average Bonchev–Trinajstić information content (AvgIpc) is 2.92. The molecule has 206 valence electrons. The van der Waals surface area contributed by atoms with E-state index >= 15 is 0 Å². The highest BCUT2D eigenvalue weighted by Crippen LogP contribution is 2.24. The normalized spacial score (nSPS) is 18.3. The van der Waals surface area contributed by atoms with Crippen molar-refractivity contribution >= 4 is 12.4 Å². The lowest BCUT2D eigenvalue weighted by molar-refractivity contribution is -0.124. The van der Waals surface area contributed by atoms with E-state index < -0.39 is 5.97 Å². The van der Waals surface area contributed by atoms with E-state index in [-0.39, 0.29) is 17.6 Å². The van der Waals surface area contributed by atoms with Crippen molar-refractivity contribution in [2.75, 3.05) is 39.9 Å². The van der Waals surface area contributed by atoms with Gasteiger partial charge in [0.1, 0.15) is 5.75 Å². The molecule has 1 atom stereocenters. The first kappa shape index (κ1) is 28.0. The number of amides is 1. The number of carbonyl (C=O) groups excluding carboxylic acids is 1. The Labute approximate surface area is 225 Å². The monoisotopic (exact) mass is 524 g/mol. The van der Waals surface area contributed by atoms with Crippen LogP contribution in [0.25, 0.3) is 0 Å². The summed E-state index contributed by atoms with van der Waals surface area (Å²) in [5.41, 5.74) is 2.27. The summed E-state index contributed by atoms with van der Waals surface area (Å²) in [6.45, 7) is 9.35. The van der Waals surface area contributed by atoms with Crippen molar-refractivity contribution in [3.8, 4) is 11.6 Å². The molecule has 0 saturated carbocycles. The lowest BCUT2D eigenvalue weighted by Gasteiger charge is -2.41. The van der Waals surface area contributed by atoms with Crippen LogP contribution in [0.1, 0.15) is 54.2 Å². The Morgan fingerprint density at radius 2 is 1.82 bits per heavy atom. The van der Waals surface area contributed by atoms with Crippen LogP contribution in [0.2, 0.25) is 0 Å². The maximum absolute atomic E-state index is 12.1. The molecule has 2 aliphatic heterocycles. The highest BCUT2D eigenvalue weighted by atomic mass is 16.5. The van der Waals surface area contributed by atoms with E-state index in [0.29, 0.717) is 17.7 Å². The van der Waals surface area contributed by atoms with Crippen LogP contribution in [0.15, 0.2) is 36.4 Å². The molecule has 1 aromatic carbocycles. The third-order valence-corrected chi connectivity index (χ3v) is 7.86. The third-order valence-electron chi connectivity index (χ3n) is 7.86. The average molecular weight is 525 g/mol. The number of aromatic carboxylic acids is 1. The molecule has 2 fully saturated rings. The SMILES string of the molecule is Cc1nc(Oc2ccc(C(=O)O)cc2)ccc1CN1CCC(N(C=O)C(C)CN(C)C2CCOCC2)CC1. The molecule has 2 aromatic rings. The van der Waals surface area contributed by atoms with E-state index in [9.17, 15) is 9.59 Å². The molecule has 4 rings (SSSR count). The molecule has 1 aromatic heterocycles. The van der Waals surface area contributed by atoms with Crippen LogP contribution in [-0.4, -0.2) is 95.2 Å². The van der Waals surface area contributed by atoms with Crippen molar-refractivity contribution in [3.63, 3.8) is 0 Å². The van der Waals surface area contributed by atoms with Gasteiger partial charge in [-0.15, -0.1) is 0 Å². The molecular formula is C29H40N4O5. The van der Waals surface area contributed by atoms with Gasteiger partial charge in [-0.25, -0.2) is 9.78 Å². The molecule has 2 saturated heterocycles. The van der Waals surface area contributed by atoms with Gasteiger partial charge >= 0.3 is 5.97 Å². The highest BCUT2D eigenvalue weighted by Gasteiger charge is 2.29. The highest BCUT2D eigenvalue weighted by molar-refractivity contribution is 5.87. The first-order valence-electron chi connectivity index (χ1n) is 13.5. The number of aromatic nitrogens is 1. The van der Waals surface area contributed by atoms with Gasteiger partial charge in [0.05, 0.1) is 5.56 Å². The van der Waals surface area contributed by atoms with Gasteiger partial charge in [0.15, 0.2) is 0 Å². The number of carbonyl (C=O) groups is 2. The largest absolute Gasteiger partial charge is 0.478 e. The van der Waals surface area contributed by atoms with Crippen molar-refractivity contribution in [1.82, 2.24) is 19.7 Å². The molecule has 0 aliphatic carbocycles. The minimum absolute atomic E-state index is 0.177. The first-order valence-corrected chi connectivity index (χ1v) is 13.5. The number of aryl methyl sites for hydroxylation is 1. The zero-order chi connectivity index (χ0) is 27.1. The third kappa shape index (κ3) is 7.30. The van der Waals surface area contributed by atoms with Crippen LogP contribution in [0.5, 0.6) is 11.6 Å². The van der Waals surface area contributed by atoms with E-state index in [1.807, 2.05) is 24.0 Å². The van der Waals surface area contributed by atoms with E-state index in [1.165, 1.54) is 12.1 Å². The second-order valence-electron chi connectivity index (χ2n) is 10.5. The summed E-state index contributed by atoms with van der Waals surface area (Å²) < 4.78 is 11.3. The van der Waals surface area contributed by atoms with Crippen LogP contribution in [0.3, 0.4) is 0 Å². The summed E-state index contributed by atoms with van der Waals surface area (Å²) in [4.78, 5) is 34.5. The number of nitrogens with zero attached hydrogens (tertiary/aromatic N) is 4. The van der Waals surface area contributed by atoms with E-state index in [0.717, 1.165) is 82.7 Å². The number of carboxylic acids is 1. The fourth-order valence-electron chi connectivity index (χ4n) is 5.53. The maximum Gasteiger partial charge on any atom is 0.335 e. The molecule has 0 radical (unpaired) electrons. The Kier molecular flexibility index (Phi) is 9.71. The number of likely N-dealkylation sites (tertiary alicyclic amines) is 1. The fourth-order valence-corrected chi connectivity index (χ4v) is 5.53. The Morgan fingerprint density at radius 1 is 1.13 bits per heavy atom. The lowest BCUT2D eigenvalue weighted by atomic mass is 10.0. The number of likely N-dealkylation sites (N-methyl/N-ethyl adjacent to an activating group) is 1.